The molecule has 0 aliphatic rings. The zero-order valence-electron chi connectivity index (χ0n) is 28.6. The average molecular weight is 694 g/mol. The Kier molecular flexibility index (Phi) is 7.67. The summed E-state index contributed by atoms with van der Waals surface area (Å²) >= 11 is 1.79. The molecule has 4 heteroatoms. The van der Waals surface area contributed by atoms with E-state index in [1.807, 2.05) is 6.07 Å². The standard InChI is InChI=1S/C49H31N3S/c1-2-12-34(13-3-1)40-17-6-7-19-43(40)48-50-47(51-49(52-48)44-22-11-21-42-41-18-8-9-23-45(41)53-46(42)44)37-30-26-33(27-31-37)32-24-28-36(29-25-32)39-20-10-15-35-14-4-5-16-38(35)39/h1-31H. The zero-order chi connectivity index (χ0) is 35.1. The molecule has 0 amide bonds. The van der Waals surface area contributed by atoms with Crippen molar-refractivity contribution in [2.24, 2.45) is 0 Å². The van der Waals surface area contributed by atoms with Gasteiger partial charge in [0.15, 0.2) is 17.5 Å². The van der Waals surface area contributed by atoms with E-state index in [1.54, 1.807) is 11.3 Å². The van der Waals surface area contributed by atoms with Crippen LogP contribution in [-0.2, 0) is 0 Å². The van der Waals surface area contributed by atoms with E-state index < -0.39 is 0 Å². The minimum Gasteiger partial charge on any atom is -0.208 e. The number of rotatable bonds is 6. The van der Waals surface area contributed by atoms with Crippen molar-refractivity contribution in [3.63, 3.8) is 0 Å². The summed E-state index contributed by atoms with van der Waals surface area (Å²) in [5, 5.41) is 4.97. The topological polar surface area (TPSA) is 38.7 Å². The van der Waals surface area contributed by atoms with Gasteiger partial charge >= 0.3 is 0 Å². The number of hydrogen-bond donors (Lipinski definition) is 0. The molecule has 0 radical (unpaired) electrons. The Labute approximate surface area is 311 Å². The first-order valence-corrected chi connectivity index (χ1v) is 18.6. The highest BCUT2D eigenvalue weighted by Gasteiger charge is 2.18. The number of hydrogen-bond acceptors (Lipinski definition) is 4. The lowest BCUT2D eigenvalue weighted by atomic mass is 9.96. The molecule has 8 aromatic carbocycles. The highest BCUT2D eigenvalue weighted by molar-refractivity contribution is 7.26. The van der Waals surface area contributed by atoms with Crippen molar-refractivity contribution in [1.82, 2.24) is 15.0 Å². The molecule has 0 spiro atoms. The van der Waals surface area contributed by atoms with Crippen molar-refractivity contribution in [1.29, 1.82) is 0 Å². The van der Waals surface area contributed by atoms with Crippen LogP contribution in [0.5, 0.6) is 0 Å². The summed E-state index contributed by atoms with van der Waals surface area (Å²) in [7, 11) is 0. The maximum atomic E-state index is 5.21. The van der Waals surface area contributed by atoms with Gasteiger partial charge in [-0.3, -0.25) is 0 Å². The fourth-order valence-electron chi connectivity index (χ4n) is 7.35. The Morgan fingerprint density at radius 3 is 1.57 bits per heavy atom. The van der Waals surface area contributed by atoms with E-state index in [-0.39, 0.29) is 0 Å². The number of thiophene rings is 1. The summed E-state index contributed by atoms with van der Waals surface area (Å²) in [6.45, 7) is 0. The second-order valence-corrected chi connectivity index (χ2v) is 14.2. The van der Waals surface area contributed by atoms with Crippen LogP contribution < -0.4 is 0 Å². The Balaban J connectivity index is 1.07. The monoisotopic (exact) mass is 693 g/mol. The minimum atomic E-state index is 0.642. The van der Waals surface area contributed by atoms with Crippen molar-refractivity contribution in [3.05, 3.63) is 188 Å². The molecule has 2 heterocycles. The highest BCUT2D eigenvalue weighted by atomic mass is 32.1. The van der Waals surface area contributed by atoms with Gasteiger partial charge in [0.05, 0.1) is 0 Å². The van der Waals surface area contributed by atoms with Crippen LogP contribution in [0.4, 0.5) is 0 Å². The number of nitrogens with zero attached hydrogens (tertiary/aromatic N) is 3. The second-order valence-electron chi connectivity index (χ2n) is 13.2. The summed E-state index contributed by atoms with van der Waals surface area (Å²) in [6, 6.07) is 66.3. The maximum absolute atomic E-state index is 5.21. The molecule has 3 nitrogen and oxygen atoms in total. The molecule has 248 valence electrons. The van der Waals surface area contributed by atoms with Crippen LogP contribution in [0, 0.1) is 0 Å². The van der Waals surface area contributed by atoms with Crippen LogP contribution in [0.3, 0.4) is 0 Å². The van der Waals surface area contributed by atoms with E-state index in [0.29, 0.717) is 17.5 Å². The number of aromatic nitrogens is 3. The van der Waals surface area contributed by atoms with E-state index in [1.165, 1.54) is 42.1 Å². The predicted octanol–water partition coefficient (Wildman–Crippen LogP) is 13.4. The Morgan fingerprint density at radius 2 is 0.774 bits per heavy atom. The van der Waals surface area contributed by atoms with Gasteiger partial charge in [-0.25, -0.2) is 15.0 Å². The van der Waals surface area contributed by atoms with Crippen LogP contribution >= 0.6 is 11.3 Å². The third-order valence-corrected chi connectivity index (χ3v) is 11.2. The Morgan fingerprint density at radius 1 is 0.283 bits per heavy atom. The van der Waals surface area contributed by atoms with Gasteiger partial charge in [0.1, 0.15) is 0 Å². The molecule has 0 fully saturated rings. The number of fused-ring (bicyclic) bond motifs is 4. The molecule has 0 atom stereocenters. The normalized spacial score (nSPS) is 11.4. The molecular formula is C49H31N3S. The first-order valence-electron chi connectivity index (χ1n) is 17.8. The van der Waals surface area contributed by atoms with Crippen molar-refractivity contribution < 1.29 is 0 Å². The van der Waals surface area contributed by atoms with Gasteiger partial charge in [-0.15, -0.1) is 11.3 Å². The Bertz CT molecular complexity index is 2920. The lowest BCUT2D eigenvalue weighted by Crippen LogP contribution is -2.01. The SMILES string of the molecule is c1ccc(-c2ccccc2-c2nc(-c3ccc(-c4ccc(-c5cccc6ccccc56)cc4)cc3)nc(-c3cccc4c3sc3ccccc34)n2)cc1. The number of benzene rings is 8. The molecular weight excluding hydrogens is 663 g/mol. The van der Waals surface area contributed by atoms with E-state index >= 15 is 0 Å². The lowest BCUT2D eigenvalue weighted by Gasteiger charge is -2.13. The summed E-state index contributed by atoms with van der Waals surface area (Å²) in [5.74, 6) is 1.96. The van der Waals surface area contributed by atoms with Gasteiger partial charge in [-0.05, 0) is 56.3 Å². The van der Waals surface area contributed by atoms with Gasteiger partial charge in [-0.1, -0.05) is 176 Å². The van der Waals surface area contributed by atoms with Gasteiger partial charge in [0.25, 0.3) is 0 Å². The molecule has 0 N–H and O–H groups in total. The fraction of sp³-hybridized carbons (Fsp3) is 0. The molecule has 53 heavy (non-hydrogen) atoms. The molecule has 10 rings (SSSR count). The molecule has 0 aliphatic heterocycles. The van der Waals surface area contributed by atoms with Crippen LogP contribution in [0.1, 0.15) is 0 Å². The molecule has 10 aromatic rings. The predicted molar refractivity (Wildman–Crippen MR) is 223 cm³/mol. The van der Waals surface area contributed by atoms with E-state index in [9.17, 15) is 0 Å². The first-order chi connectivity index (χ1) is 26.3. The zero-order valence-corrected chi connectivity index (χ0v) is 29.5. The van der Waals surface area contributed by atoms with Crippen molar-refractivity contribution in [3.8, 4) is 67.5 Å². The van der Waals surface area contributed by atoms with Crippen molar-refractivity contribution >= 4 is 42.3 Å². The smallest absolute Gasteiger partial charge is 0.165 e. The van der Waals surface area contributed by atoms with Crippen molar-refractivity contribution in [2.75, 3.05) is 0 Å². The molecule has 2 aromatic heterocycles. The first kappa shape index (κ1) is 31.0. The van der Waals surface area contributed by atoms with Crippen LogP contribution in [0.15, 0.2) is 188 Å². The second kappa shape index (κ2) is 13.1. The van der Waals surface area contributed by atoms with Crippen LogP contribution in [0.2, 0.25) is 0 Å². The highest BCUT2D eigenvalue weighted by Crippen LogP contribution is 2.40. The van der Waals surface area contributed by atoms with Crippen LogP contribution in [0.25, 0.3) is 98.5 Å². The van der Waals surface area contributed by atoms with Gasteiger partial charge < -0.3 is 0 Å². The van der Waals surface area contributed by atoms with E-state index in [2.05, 4.69) is 182 Å². The summed E-state index contributed by atoms with van der Waals surface area (Å²) in [4.78, 5) is 15.5. The summed E-state index contributed by atoms with van der Waals surface area (Å²) in [6.07, 6.45) is 0. The third-order valence-electron chi connectivity index (χ3n) is 10.00. The fourth-order valence-corrected chi connectivity index (χ4v) is 8.56. The Hall–Kier alpha value is -6.75. The van der Waals surface area contributed by atoms with E-state index in [4.69, 9.17) is 15.0 Å². The molecule has 0 saturated heterocycles. The molecule has 0 saturated carbocycles. The van der Waals surface area contributed by atoms with Gasteiger partial charge in [0, 0.05) is 36.9 Å². The minimum absolute atomic E-state index is 0.642. The quantitative estimate of drug-likeness (QED) is 0.174. The third kappa shape index (κ3) is 5.66. The van der Waals surface area contributed by atoms with Crippen LogP contribution in [-0.4, -0.2) is 15.0 Å². The summed E-state index contributed by atoms with van der Waals surface area (Å²) < 4.78 is 2.43. The molecule has 0 unspecified atom stereocenters. The summed E-state index contributed by atoms with van der Waals surface area (Å²) in [5.41, 5.74) is 9.86. The molecule has 0 aliphatic carbocycles. The van der Waals surface area contributed by atoms with Gasteiger partial charge in [-0.2, -0.15) is 0 Å². The van der Waals surface area contributed by atoms with Gasteiger partial charge in [0.2, 0.25) is 0 Å². The average Bonchev–Trinajstić information content (AvgIpc) is 3.63. The lowest BCUT2D eigenvalue weighted by molar-refractivity contribution is 1.08. The maximum Gasteiger partial charge on any atom is 0.165 e. The van der Waals surface area contributed by atoms with E-state index in [0.717, 1.165) is 38.9 Å². The van der Waals surface area contributed by atoms with Crippen molar-refractivity contribution in [2.45, 2.75) is 0 Å². The largest absolute Gasteiger partial charge is 0.208 e. The molecule has 0 bridgehead atoms.